The number of hydrogen-bond acceptors (Lipinski definition) is 1. The molecule has 0 amide bonds. The number of benzene rings is 1. The van der Waals surface area contributed by atoms with Gasteiger partial charge >= 0.3 is 0 Å². The zero-order valence-electron chi connectivity index (χ0n) is 11.6. The van der Waals surface area contributed by atoms with Crippen molar-refractivity contribution in [2.75, 3.05) is 5.32 Å². The third kappa shape index (κ3) is 5.25. The van der Waals surface area contributed by atoms with Crippen LogP contribution in [0.4, 0.5) is 5.69 Å². The number of anilines is 1. The van der Waals surface area contributed by atoms with E-state index in [9.17, 15) is 0 Å². The van der Waals surface area contributed by atoms with Crippen molar-refractivity contribution in [1.29, 1.82) is 0 Å². The maximum absolute atomic E-state index is 3.61. The molecule has 0 radical (unpaired) electrons. The highest BCUT2D eigenvalue weighted by atomic mass is 14.9. The first-order valence-corrected chi connectivity index (χ1v) is 7.15. The van der Waals surface area contributed by atoms with Crippen LogP contribution in [0.1, 0.15) is 58.4 Å². The molecule has 0 aliphatic carbocycles. The van der Waals surface area contributed by atoms with Crippen LogP contribution in [-0.4, -0.2) is 6.04 Å². The molecule has 0 spiro atoms. The molecular weight excluding hydrogens is 206 g/mol. The van der Waals surface area contributed by atoms with Gasteiger partial charge in [-0.15, -0.1) is 0 Å². The zero-order chi connectivity index (χ0) is 12.5. The summed E-state index contributed by atoms with van der Waals surface area (Å²) in [7, 11) is 0. The Morgan fingerprint density at radius 2 is 1.71 bits per heavy atom. The van der Waals surface area contributed by atoms with E-state index in [1.165, 1.54) is 49.8 Å². The van der Waals surface area contributed by atoms with Gasteiger partial charge in [0, 0.05) is 11.7 Å². The molecule has 1 N–H and O–H groups in total. The number of hydrogen-bond donors (Lipinski definition) is 1. The highest BCUT2D eigenvalue weighted by Gasteiger charge is 2.04. The van der Waals surface area contributed by atoms with Gasteiger partial charge in [0.25, 0.3) is 0 Å². The van der Waals surface area contributed by atoms with Crippen LogP contribution in [0, 0.1) is 0 Å². The SMILES string of the molecule is CCCCc1ccc(NC(CC)CCC)cc1. The van der Waals surface area contributed by atoms with Crippen molar-refractivity contribution in [3.63, 3.8) is 0 Å². The fraction of sp³-hybridized carbons (Fsp3) is 0.625. The molecule has 0 aliphatic rings. The summed E-state index contributed by atoms with van der Waals surface area (Å²) in [6.07, 6.45) is 7.48. The molecule has 17 heavy (non-hydrogen) atoms. The Morgan fingerprint density at radius 1 is 1.00 bits per heavy atom. The smallest absolute Gasteiger partial charge is 0.0342 e. The molecule has 0 saturated heterocycles. The van der Waals surface area contributed by atoms with Gasteiger partial charge < -0.3 is 5.32 Å². The minimum Gasteiger partial charge on any atom is -0.382 e. The van der Waals surface area contributed by atoms with Crippen molar-refractivity contribution in [1.82, 2.24) is 0 Å². The van der Waals surface area contributed by atoms with E-state index in [0.717, 1.165) is 0 Å². The standard InChI is InChI=1S/C16H27N/c1-4-7-9-14-10-12-16(13-11-14)17-15(6-3)8-5-2/h10-13,15,17H,4-9H2,1-3H3. The maximum atomic E-state index is 3.61. The third-order valence-electron chi connectivity index (χ3n) is 3.27. The van der Waals surface area contributed by atoms with Gasteiger partial charge in [-0.25, -0.2) is 0 Å². The van der Waals surface area contributed by atoms with E-state index in [2.05, 4.69) is 50.4 Å². The van der Waals surface area contributed by atoms with Crippen molar-refractivity contribution in [3.05, 3.63) is 29.8 Å². The number of nitrogens with one attached hydrogen (secondary N) is 1. The van der Waals surface area contributed by atoms with Crippen molar-refractivity contribution in [2.45, 2.75) is 65.3 Å². The Hall–Kier alpha value is -0.980. The van der Waals surface area contributed by atoms with Crippen LogP contribution >= 0.6 is 0 Å². The zero-order valence-corrected chi connectivity index (χ0v) is 11.6. The number of rotatable bonds is 8. The predicted molar refractivity (Wildman–Crippen MR) is 77.7 cm³/mol. The molecule has 0 heterocycles. The summed E-state index contributed by atoms with van der Waals surface area (Å²) < 4.78 is 0. The van der Waals surface area contributed by atoms with Gasteiger partial charge in [0.1, 0.15) is 0 Å². The Bertz CT molecular complexity index is 289. The van der Waals surface area contributed by atoms with Crippen molar-refractivity contribution >= 4 is 5.69 Å². The minimum absolute atomic E-state index is 0.626. The molecule has 1 heteroatoms. The Kier molecular flexibility index (Phi) is 6.76. The lowest BCUT2D eigenvalue weighted by atomic mass is 10.1. The van der Waals surface area contributed by atoms with Crippen LogP contribution in [0.5, 0.6) is 0 Å². The summed E-state index contributed by atoms with van der Waals surface area (Å²) in [5.41, 5.74) is 2.73. The lowest BCUT2D eigenvalue weighted by Crippen LogP contribution is -2.17. The molecular formula is C16H27N. The number of unbranched alkanes of at least 4 members (excludes halogenated alkanes) is 1. The molecule has 96 valence electrons. The molecule has 1 unspecified atom stereocenters. The van der Waals surface area contributed by atoms with Gasteiger partial charge in [-0.3, -0.25) is 0 Å². The molecule has 0 saturated carbocycles. The molecule has 1 atom stereocenters. The van der Waals surface area contributed by atoms with Crippen LogP contribution in [-0.2, 0) is 6.42 Å². The first-order valence-electron chi connectivity index (χ1n) is 7.15. The molecule has 1 aromatic carbocycles. The van der Waals surface area contributed by atoms with Crippen molar-refractivity contribution < 1.29 is 0 Å². The average molecular weight is 233 g/mol. The number of aryl methyl sites for hydroxylation is 1. The monoisotopic (exact) mass is 233 g/mol. The van der Waals surface area contributed by atoms with E-state index < -0.39 is 0 Å². The highest BCUT2D eigenvalue weighted by molar-refractivity contribution is 5.45. The summed E-state index contributed by atoms with van der Waals surface area (Å²) in [5.74, 6) is 0. The molecule has 1 rings (SSSR count). The van der Waals surface area contributed by atoms with Gasteiger partial charge in [0.05, 0.1) is 0 Å². The van der Waals surface area contributed by atoms with E-state index in [0.29, 0.717) is 6.04 Å². The normalized spacial score (nSPS) is 12.4. The van der Waals surface area contributed by atoms with Crippen LogP contribution in [0.25, 0.3) is 0 Å². The van der Waals surface area contributed by atoms with Gasteiger partial charge in [-0.2, -0.15) is 0 Å². The molecule has 1 aromatic rings. The van der Waals surface area contributed by atoms with Gasteiger partial charge in [-0.1, -0.05) is 45.7 Å². The van der Waals surface area contributed by atoms with Gasteiger partial charge in [-0.05, 0) is 43.4 Å². The fourth-order valence-corrected chi connectivity index (χ4v) is 2.11. The summed E-state index contributed by atoms with van der Waals surface area (Å²) in [5, 5.41) is 3.61. The molecule has 0 fully saturated rings. The second-order valence-electron chi connectivity index (χ2n) is 4.84. The van der Waals surface area contributed by atoms with E-state index in [1.54, 1.807) is 0 Å². The summed E-state index contributed by atoms with van der Waals surface area (Å²) in [4.78, 5) is 0. The lowest BCUT2D eigenvalue weighted by Gasteiger charge is -2.17. The maximum Gasteiger partial charge on any atom is 0.0342 e. The van der Waals surface area contributed by atoms with Crippen LogP contribution in [0.2, 0.25) is 0 Å². The van der Waals surface area contributed by atoms with E-state index in [4.69, 9.17) is 0 Å². The first kappa shape index (κ1) is 14.1. The van der Waals surface area contributed by atoms with Gasteiger partial charge in [0.2, 0.25) is 0 Å². The first-order chi connectivity index (χ1) is 8.30. The van der Waals surface area contributed by atoms with E-state index in [-0.39, 0.29) is 0 Å². The summed E-state index contributed by atoms with van der Waals surface area (Å²) in [6.45, 7) is 6.74. The second kappa shape index (κ2) is 8.16. The van der Waals surface area contributed by atoms with E-state index in [1.807, 2.05) is 0 Å². The van der Waals surface area contributed by atoms with Gasteiger partial charge in [0.15, 0.2) is 0 Å². The largest absolute Gasteiger partial charge is 0.382 e. The lowest BCUT2D eigenvalue weighted by molar-refractivity contribution is 0.623. The van der Waals surface area contributed by atoms with Crippen LogP contribution in [0.3, 0.4) is 0 Å². The van der Waals surface area contributed by atoms with E-state index >= 15 is 0 Å². The minimum atomic E-state index is 0.626. The third-order valence-corrected chi connectivity index (χ3v) is 3.27. The average Bonchev–Trinajstić information content (AvgIpc) is 2.37. The van der Waals surface area contributed by atoms with Crippen LogP contribution < -0.4 is 5.32 Å². The Morgan fingerprint density at radius 3 is 2.24 bits per heavy atom. The second-order valence-corrected chi connectivity index (χ2v) is 4.84. The fourth-order valence-electron chi connectivity index (χ4n) is 2.11. The Balaban J connectivity index is 2.49. The summed E-state index contributed by atoms with van der Waals surface area (Å²) in [6, 6.07) is 9.60. The Labute approximate surface area is 107 Å². The topological polar surface area (TPSA) is 12.0 Å². The molecule has 0 aliphatic heterocycles. The van der Waals surface area contributed by atoms with Crippen LogP contribution in [0.15, 0.2) is 24.3 Å². The molecule has 0 bridgehead atoms. The summed E-state index contributed by atoms with van der Waals surface area (Å²) >= 11 is 0. The highest BCUT2D eigenvalue weighted by Crippen LogP contribution is 2.15. The van der Waals surface area contributed by atoms with Crippen molar-refractivity contribution in [3.8, 4) is 0 Å². The predicted octanol–water partition coefficient (Wildman–Crippen LogP) is 5.02. The molecule has 1 nitrogen and oxygen atoms in total. The molecule has 0 aromatic heterocycles. The quantitative estimate of drug-likeness (QED) is 0.664. The van der Waals surface area contributed by atoms with Crippen molar-refractivity contribution in [2.24, 2.45) is 0 Å².